The molecule has 0 aliphatic heterocycles. The standard InChI is InChI=1S/C14H25N3/c1-11(2)17(4)10-6-9-16-14-8-5-7-13(15)12(14)3/h5,7-8,11,16H,6,9-10,15H2,1-4H3. The average Bonchev–Trinajstić information content (AvgIpc) is 2.29. The Hall–Kier alpha value is -1.22. The van der Waals surface area contributed by atoms with E-state index in [4.69, 9.17) is 5.73 Å². The van der Waals surface area contributed by atoms with E-state index >= 15 is 0 Å². The second kappa shape index (κ2) is 6.50. The van der Waals surface area contributed by atoms with Gasteiger partial charge in [0.15, 0.2) is 0 Å². The average molecular weight is 235 g/mol. The van der Waals surface area contributed by atoms with Crippen LogP contribution in [0.2, 0.25) is 0 Å². The lowest BCUT2D eigenvalue weighted by Gasteiger charge is -2.21. The van der Waals surface area contributed by atoms with E-state index in [9.17, 15) is 0 Å². The molecule has 0 heterocycles. The highest BCUT2D eigenvalue weighted by molar-refractivity contribution is 5.62. The van der Waals surface area contributed by atoms with Crippen LogP contribution in [0, 0.1) is 6.92 Å². The molecule has 0 aliphatic rings. The van der Waals surface area contributed by atoms with Crippen molar-refractivity contribution in [3.8, 4) is 0 Å². The van der Waals surface area contributed by atoms with Crippen LogP contribution in [0.1, 0.15) is 25.8 Å². The molecule has 1 aromatic rings. The highest BCUT2D eigenvalue weighted by Gasteiger charge is 2.03. The molecular weight excluding hydrogens is 210 g/mol. The Morgan fingerprint density at radius 3 is 2.71 bits per heavy atom. The van der Waals surface area contributed by atoms with Crippen LogP contribution in [0.3, 0.4) is 0 Å². The molecule has 0 spiro atoms. The maximum absolute atomic E-state index is 5.86. The maximum Gasteiger partial charge on any atom is 0.0390 e. The van der Waals surface area contributed by atoms with E-state index < -0.39 is 0 Å². The van der Waals surface area contributed by atoms with E-state index in [2.05, 4.69) is 44.1 Å². The third-order valence-electron chi connectivity index (χ3n) is 3.26. The molecule has 0 saturated heterocycles. The van der Waals surface area contributed by atoms with Gasteiger partial charge >= 0.3 is 0 Å². The molecule has 0 radical (unpaired) electrons. The molecular formula is C14H25N3. The number of hydrogen-bond acceptors (Lipinski definition) is 3. The first-order chi connectivity index (χ1) is 8.02. The normalized spacial score (nSPS) is 11.2. The number of benzene rings is 1. The zero-order valence-corrected chi connectivity index (χ0v) is 11.5. The predicted octanol–water partition coefficient (Wildman–Crippen LogP) is 2.72. The molecule has 3 N–H and O–H groups in total. The zero-order valence-electron chi connectivity index (χ0n) is 11.5. The first-order valence-corrected chi connectivity index (χ1v) is 6.31. The Morgan fingerprint density at radius 1 is 1.35 bits per heavy atom. The molecule has 3 nitrogen and oxygen atoms in total. The predicted molar refractivity (Wildman–Crippen MR) is 76.5 cm³/mol. The summed E-state index contributed by atoms with van der Waals surface area (Å²) in [6, 6.07) is 6.62. The third kappa shape index (κ3) is 4.27. The summed E-state index contributed by atoms with van der Waals surface area (Å²) in [5.41, 5.74) is 9.01. The van der Waals surface area contributed by atoms with Crippen molar-refractivity contribution in [2.45, 2.75) is 33.2 Å². The van der Waals surface area contributed by atoms with Gasteiger partial charge in [0, 0.05) is 24.0 Å². The largest absolute Gasteiger partial charge is 0.398 e. The van der Waals surface area contributed by atoms with Gasteiger partial charge in [-0.3, -0.25) is 0 Å². The summed E-state index contributed by atoms with van der Waals surface area (Å²) in [5.74, 6) is 0. The first kappa shape index (κ1) is 13.8. The summed E-state index contributed by atoms with van der Waals surface area (Å²) in [6.45, 7) is 8.59. The van der Waals surface area contributed by atoms with Gasteiger partial charge in [-0.25, -0.2) is 0 Å². The van der Waals surface area contributed by atoms with Crippen molar-refractivity contribution in [2.75, 3.05) is 31.2 Å². The highest BCUT2D eigenvalue weighted by atomic mass is 15.1. The number of nitrogens with one attached hydrogen (secondary N) is 1. The summed E-state index contributed by atoms with van der Waals surface area (Å²) in [4.78, 5) is 2.36. The van der Waals surface area contributed by atoms with Gasteiger partial charge in [-0.2, -0.15) is 0 Å². The smallest absolute Gasteiger partial charge is 0.0390 e. The van der Waals surface area contributed by atoms with E-state index in [-0.39, 0.29) is 0 Å². The minimum Gasteiger partial charge on any atom is -0.398 e. The van der Waals surface area contributed by atoms with Crippen LogP contribution in [-0.2, 0) is 0 Å². The lowest BCUT2D eigenvalue weighted by molar-refractivity contribution is 0.273. The van der Waals surface area contributed by atoms with Crippen molar-refractivity contribution in [3.63, 3.8) is 0 Å². The number of nitrogens with two attached hydrogens (primary N) is 1. The van der Waals surface area contributed by atoms with Crippen molar-refractivity contribution in [1.82, 2.24) is 4.90 Å². The van der Waals surface area contributed by atoms with Crippen molar-refractivity contribution >= 4 is 11.4 Å². The van der Waals surface area contributed by atoms with Gasteiger partial charge < -0.3 is 16.0 Å². The molecule has 3 heteroatoms. The molecule has 0 unspecified atom stereocenters. The number of rotatable bonds is 6. The fourth-order valence-corrected chi connectivity index (χ4v) is 1.65. The minimum absolute atomic E-state index is 0.615. The monoisotopic (exact) mass is 235 g/mol. The number of hydrogen-bond donors (Lipinski definition) is 2. The summed E-state index contributed by atoms with van der Waals surface area (Å²) in [7, 11) is 2.16. The summed E-state index contributed by atoms with van der Waals surface area (Å²) in [6.07, 6.45) is 1.14. The second-order valence-corrected chi connectivity index (χ2v) is 4.87. The van der Waals surface area contributed by atoms with E-state index in [1.807, 2.05) is 12.1 Å². The van der Waals surface area contributed by atoms with Crippen molar-refractivity contribution in [2.24, 2.45) is 0 Å². The Bertz CT molecular complexity index is 347. The fraction of sp³-hybridized carbons (Fsp3) is 0.571. The number of nitrogens with zero attached hydrogens (tertiary/aromatic N) is 1. The lowest BCUT2D eigenvalue weighted by Crippen LogP contribution is -2.28. The van der Waals surface area contributed by atoms with E-state index in [1.54, 1.807) is 0 Å². The van der Waals surface area contributed by atoms with Crippen molar-refractivity contribution in [3.05, 3.63) is 23.8 Å². The van der Waals surface area contributed by atoms with Gasteiger partial charge in [-0.05, 0) is 58.5 Å². The minimum atomic E-state index is 0.615. The van der Waals surface area contributed by atoms with Gasteiger partial charge in [-0.1, -0.05) is 6.07 Å². The molecule has 0 atom stereocenters. The van der Waals surface area contributed by atoms with Gasteiger partial charge in [0.1, 0.15) is 0 Å². The molecule has 0 bridgehead atoms. The molecule has 0 aromatic heterocycles. The van der Waals surface area contributed by atoms with E-state index in [0.717, 1.165) is 36.4 Å². The molecule has 1 aromatic carbocycles. The topological polar surface area (TPSA) is 41.3 Å². The Labute approximate surface area is 105 Å². The van der Waals surface area contributed by atoms with Gasteiger partial charge in [0.05, 0.1) is 0 Å². The molecule has 1 rings (SSSR count). The van der Waals surface area contributed by atoms with Crippen LogP contribution in [-0.4, -0.2) is 31.1 Å². The van der Waals surface area contributed by atoms with Crippen LogP contribution < -0.4 is 11.1 Å². The van der Waals surface area contributed by atoms with Crippen LogP contribution in [0.4, 0.5) is 11.4 Å². The summed E-state index contributed by atoms with van der Waals surface area (Å²) >= 11 is 0. The second-order valence-electron chi connectivity index (χ2n) is 4.87. The molecule has 0 aliphatic carbocycles. The number of anilines is 2. The Kier molecular flexibility index (Phi) is 5.29. The molecule has 96 valence electrons. The maximum atomic E-state index is 5.86. The van der Waals surface area contributed by atoms with Gasteiger partial charge in [0.25, 0.3) is 0 Å². The van der Waals surface area contributed by atoms with Crippen LogP contribution in [0.25, 0.3) is 0 Å². The van der Waals surface area contributed by atoms with Gasteiger partial charge in [-0.15, -0.1) is 0 Å². The SMILES string of the molecule is Cc1c(N)cccc1NCCCN(C)C(C)C. The quantitative estimate of drug-likeness (QED) is 0.588. The highest BCUT2D eigenvalue weighted by Crippen LogP contribution is 2.20. The van der Waals surface area contributed by atoms with Crippen molar-refractivity contribution in [1.29, 1.82) is 0 Å². The lowest BCUT2D eigenvalue weighted by atomic mass is 10.1. The molecule has 0 amide bonds. The van der Waals surface area contributed by atoms with E-state index in [1.165, 1.54) is 0 Å². The van der Waals surface area contributed by atoms with Crippen LogP contribution in [0.5, 0.6) is 0 Å². The zero-order chi connectivity index (χ0) is 12.8. The van der Waals surface area contributed by atoms with Crippen LogP contribution in [0.15, 0.2) is 18.2 Å². The number of nitrogen functional groups attached to an aromatic ring is 1. The summed E-state index contributed by atoms with van der Waals surface area (Å²) in [5, 5.41) is 3.44. The Balaban J connectivity index is 2.34. The first-order valence-electron chi connectivity index (χ1n) is 6.31. The molecule has 0 saturated carbocycles. The molecule has 17 heavy (non-hydrogen) atoms. The van der Waals surface area contributed by atoms with E-state index in [0.29, 0.717) is 6.04 Å². The van der Waals surface area contributed by atoms with Gasteiger partial charge in [0.2, 0.25) is 0 Å². The van der Waals surface area contributed by atoms with Crippen molar-refractivity contribution < 1.29 is 0 Å². The van der Waals surface area contributed by atoms with Crippen LogP contribution >= 0.6 is 0 Å². The molecule has 0 fully saturated rings. The Morgan fingerprint density at radius 2 is 2.06 bits per heavy atom. The fourth-order valence-electron chi connectivity index (χ4n) is 1.65. The summed E-state index contributed by atoms with van der Waals surface area (Å²) < 4.78 is 0. The third-order valence-corrected chi connectivity index (χ3v) is 3.26.